The molecule has 7 heteroatoms. The molecule has 2 rings (SSSR count). The van der Waals surface area contributed by atoms with Crippen LogP contribution in [0.1, 0.15) is 60.3 Å². The Morgan fingerprint density at radius 1 is 1.10 bits per heavy atom. The number of nitrogens with one attached hydrogen (secondary N) is 2. The van der Waals surface area contributed by atoms with Gasteiger partial charge in [-0.15, -0.1) is 0 Å². The molecule has 0 spiro atoms. The Bertz CT molecular complexity index is 570. The van der Waals surface area contributed by atoms with E-state index >= 15 is 0 Å². The van der Waals surface area contributed by atoms with Crippen LogP contribution in [0, 0.1) is 17.8 Å². The lowest BCUT2D eigenvalue weighted by molar-refractivity contribution is -0.144. The molecule has 0 saturated carbocycles. The van der Waals surface area contributed by atoms with Gasteiger partial charge in [-0.25, -0.2) is 0 Å². The van der Waals surface area contributed by atoms with Crippen LogP contribution in [-0.4, -0.2) is 72.3 Å². The monoisotopic (exact) mass is 408 g/mol. The Hall–Kier alpha value is -1.63. The van der Waals surface area contributed by atoms with Gasteiger partial charge in [0.05, 0.1) is 12.6 Å². The molecule has 0 aromatic rings. The average Bonchev–Trinajstić information content (AvgIpc) is 2.65. The summed E-state index contributed by atoms with van der Waals surface area (Å²) in [5, 5.41) is 6.34. The van der Waals surface area contributed by atoms with E-state index in [4.69, 9.17) is 0 Å². The molecule has 166 valence electrons. The topological polar surface area (TPSA) is 81.8 Å². The molecular formula is C22H40N4O3. The molecule has 0 aliphatic carbocycles. The van der Waals surface area contributed by atoms with Crippen LogP contribution in [0.5, 0.6) is 0 Å². The lowest BCUT2D eigenvalue weighted by Crippen LogP contribution is -2.57. The lowest BCUT2D eigenvalue weighted by atomic mass is 9.92. The van der Waals surface area contributed by atoms with E-state index in [9.17, 15) is 14.4 Å². The Labute approximate surface area is 175 Å². The fourth-order valence-corrected chi connectivity index (χ4v) is 4.00. The first-order valence-electron chi connectivity index (χ1n) is 11.3. The Morgan fingerprint density at radius 3 is 2.34 bits per heavy atom. The second-order valence-corrected chi connectivity index (χ2v) is 9.52. The van der Waals surface area contributed by atoms with Crippen molar-refractivity contribution in [1.29, 1.82) is 0 Å². The molecule has 29 heavy (non-hydrogen) atoms. The van der Waals surface area contributed by atoms with Gasteiger partial charge in [-0.05, 0) is 43.9 Å². The van der Waals surface area contributed by atoms with Gasteiger partial charge in [-0.1, -0.05) is 27.7 Å². The van der Waals surface area contributed by atoms with Crippen LogP contribution < -0.4 is 10.6 Å². The number of hydrogen-bond acceptors (Lipinski definition) is 4. The summed E-state index contributed by atoms with van der Waals surface area (Å²) >= 11 is 0. The largest absolute Gasteiger partial charge is 0.353 e. The van der Waals surface area contributed by atoms with Crippen LogP contribution in [0.2, 0.25) is 0 Å². The minimum absolute atomic E-state index is 0.0277. The zero-order valence-electron chi connectivity index (χ0n) is 18.9. The molecular weight excluding hydrogens is 368 g/mol. The molecule has 2 fully saturated rings. The maximum Gasteiger partial charge on any atom is 0.242 e. The molecule has 2 aliphatic rings. The average molecular weight is 409 g/mol. The van der Waals surface area contributed by atoms with Crippen molar-refractivity contribution in [1.82, 2.24) is 20.4 Å². The Morgan fingerprint density at radius 2 is 1.76 bits per heavy atom. The van der Waals surface area contributed by atoms with Gasteiger partial charge < -0.3 is 20.4 Å². The number of nitrogens with zero attached hydrogens (tertiary/aromatic N) is 2. The summed E-state index contributed by atoms with van der Waals surface area (Å²) in [4.78, 5) is 41.1. The lowest BCUT2D eigenvalue weighted by Gasteiger charge is -2.36. The number of piperidine rings is 1. The Balaban J connectivity index is 1.75. The van der Waals surface area contributed by atoms with Gasteiger partial charge >= 0.3 is 0 Å². The van der Waals surface area contributed by atoms with Crippen molar-refractivity contribution in [3.05, 3.63) is 0 Å². The third-order valence-electron chi connectivity index (χ3n) is 6.25. The molecule has 7 nitrogen and oxygen atoms in total. The molecule has 2 atom stereocenters. The van der Waals surface area contributed by atoms with Gasteiger partial charge in [-0.2, -0.15) is 0 Å². The van der Waals surface area contributed by atoms with Crippen LogP contribution in [0.15, 0.2) is 0 Å². The van der Waals surface area contributed by atoms with Crippen LogP contribution >= 0.6 is 0 Å². The summed E-state index contributed by atoms with van der Waals surface area (Å²) in [6.07, 6.45) is 3.03. The highest BCUT2D eigenvalue weighted by Gasteiger charge is 2.32. The molecule has 2 aliphatic heterocycles. The summed E-state index contributed by atoms with van der Waals surface area (Å²) in [6.45, 7) is 13.3. The van der Waals surface area contributed by atoms with Gasteiger partial charge in [0.15, 0.2) is 0 Å². The van der Waals surface area contributed by atoms with Crippen molar-refractivity contribution in [2.24, 2.45) is 17.8 Å². The highest BCUT2D eigenvalue weighted by molar-refractivity contribution is 5.88. The van der Waals surface area contributed by atoms with Crippen molar-refractivity contribution in [2.75, 3.05) is 32.7 Å². The van der Waals surface area contributed by atoms with Crippen molar-refractivity contribution >= 4 is 17.7 Å². The van der Waals surface area contributed by atoms with Crippen molar-refractivity contribution in [3.63, 3.8) is 0 Å². The van der Waals surface area contributed by atoms with E-state index in [2.05, 4.69) is 38.3 Å². The van der Waals surface area contributed by atoms with Gasteiger partial charge in [0, 0.05) is 38.6 Å². The van der Waals surface area contributed by atoms with E-state index in [1.54, 1.807) is 4.90 Å². The summed E-state index contributed by atoms with van der Waals surface area (Å²) in [5.74, 6) is 1.37. The zero-order valence-corrected chi connectivity index (χ0v) is 18.9. The van der Waals surface area contributed by atoms with Gasteiger partial charge in [0.2, 0.25) is 17.7 Å². The molecule has 2 unspecified atom stereocenters. The van der Waals surface area contributed by atoms with E-state index in [1.807, 2.05) is 11.8 Å². The van der Waals surface area contributed by atoms with Gasteiger partial charge in [0.25, 0.3) is 0 Å². The molecule has 3 amide bonds. The molecule has 2 saturated heterocycles. The van der Waals surface area contributed by atoms with Gasteiger partial charge in [-0.3, -0.25) is 14.4 Å². The number of amides is 3. The zero-order chi connectivity index (χ0) is 21.6. The van der Waals surface area contributed by atoms with Crippen molar-refractivity contribution in [2.45, 2.75) is 72.4 Å². The number of likely N-dealkylation sites (tertiary alicyclic amines) is 1. The molecule has 2 heterocycles. The normalized spacial score (nSPS) is 22.3. The minimum atomic E-state index is -0.172. The minimum Gasteiger partial charge on any atom is -0.353 e. The van der Waals surface area contributed by atoms with Crippen LogP contribution in [-0.2, 0) is 14.4 Å². The maximum atomic E-state index is 12.7. The summed E-state index contributed by atoms with van der Waals surface area (Å²) in [5.41, 5.74) is 0. The Kier molecular flexibility index (Phi) is 8.93. The predicted octanol–water partition coefficient (Wildman–Crippen LogP) is 1.62. The van der Waals surface area contributed by atoms with E-state index in [0.717, 1.165) is 25.8 Å². The summed E-state index contributed by atoms with van der Waals surface area (Å²) in [6, 6.07) is 0.00860. The fraction of sp³-hybridized carbons (Fsp3) is 0.864. The third kappa shape index (κ3) is 7.28. The predicted molar refractivity (Wildman–Crippen MR) is 114 cm³/mol. The highest BCUT2D eigenvalue weighted by atomic mass is 16.2. The molecule has 0 radical (unpaired) electrons. The molecule has 0 bridgehead atoms. The number of piperazine rings is 1. The fourth-order valence-electron chi connectivity index (χ4n) is 4.00. The number of rotatable bonds is 8. The first-order valence-corrected chi connectivity index (χ1v) is 11.3. The van der Waals surface area contributed by atoms with E-state index in [-0.39, 0.29) is 36.3 Å². The van der Waals surface area contributed by atoms with Crippen LogP contribution in [0.25, 0.3) is 0 Å². The quantitative estimate of drug-likeness (QED) is 0.639. The maximum absolute atomic E-state index is 12.7. The second-order valence-electron chi connectivity index (χ2n) is 9.52. The van der Waals surface area contributed by atoms with Gasteiger partial charge in [0.1, 0.15) is 0 Å². The first-order chi connectivity index (χ1) is 13.7. The molecule has 0 aromatic carbocycles. The molecule has 2 N–H and O–H groups in total. The summed E-state index contributed by atoms with van der Waals surface area (Å²) < 4.78 is 0. The van der Waals surface area contributed by atoms with E-state index < -0.39 is 0 Å². The third-order valence-corrected chi connectivity index (χ3v) is 6.25. The van der Waals surface area contributed by atoms with E-state index in [1.165, 1.54) is 0 Å². The SMILES string of the molecule is CC(C)CC1NCCN(CC(=O)N2CCC(CC(=O)NC(C)C(C)C)CC2)C1=O. The van der Waals surface area contributed by atoms with Crippen molar-refractivity contribution in [3.8, 4) is 0 Å². The van der Waals surface area contributed by atoms with E-state index in [0.29, 0.717) is 43.8 Å². The highest BCUT2D eigenvalue weighted by Crippen LogP contribution is 2.21. The number of hydrogen-bond donors (Lipinski definition) is 2. The van der Waals surface area contributed by atoms with Crippen molar-refractivity contribution < 1.29 is 14.4 Å². The standard InChI is InChI=1S/C22H40N4O3/c1-15(2)12-19-22(29)26(11-8-23-19)14-21(28)25-9-6-18(7-10-25)13-20(27)24-17(5)16(3)4/h15-19,23H,6-14H2,1-5H3,(H,24,27). The smallest absolute Gasteiger partial charge is 0.242 e. The first kappa shape index (κ1) is 23.6. The number of carbonyl (C=O) groups excluding carboxylic acids is 3. The summed E-state index contributed by atoms with van der Waals surface area (Å²) in [7, 11) is 0. The van der Waals surface area contributed by atoms with Crippen LogP contribution in [0.3, 0.4) is 0 Å². The number of carbonyl (C=O) groups is 3. The van der Waals surface area contributed by atoms with Crippen LogP contribution in [0.4, 0.5) is 0 Å². The second kappa shape index (κ2) is 11.0. The molecule has 0 aromatic heterocycles.